The fourth-order valence-corrected chi connectivity index (χ4v) is 2.40. The molecule has 2 aromatic heterocycles. The summed E-state index contributed by atoms with van der Waals surface area (Å²) < 4.78 is 27.9. The third-order valence-electron chi connectivity index (χ3n) is 3.33. The maximum atomic E-state index is 13.3. The van der Waals surface area contributed by atoms with E-state index in [9.17, 15) is 13.9 Å². The number of aromatic nitrogens is 3. The first-order chi connectivity index (χ1) is 10.1. The highest BCUT2D eigenvalue weighted by molar-refractivity contribution is 5.46. The van der Waals surface area contributed by atoms with Crippen LogP contribution in [-0.2, 0) is 12.8 Å². The molecule has 0 fully saturated rings. The summed E-state index contributed by atoms with van der Waals surface area (Å²) in [5.41, 5.74) is 2.19. The predicted molar refractivity (Wildman–Crippen MR) is 73.2 cm³/mol. The summed E-state index contributed by atoms with van der Waals surface area (Å²) in [4.78, 5) is 4.41. The Hall–Kier alpha value is -2.50. The van der Waals surface area contributed by atoms with Crippen molar-refractivity contribution in [2.24, 2.45) is 0 Å². The Kier molecular flexibility index (Phi) is 3.29. The SMILES string of the molecule is CCc1nc2ccnn2c(O)c1Cc1cc(F)cc(F)c1. The molecule has 0 saturated heterocycles. The van der Waals surface area contributed by atoms with E-state index in [1.54, 1.807) is 6.07 Å². The van der Waals surface area contributed by atoms with Crippen LogP contribution in [0.2, 0.25) is 0 Å². The van der Waals surface area contributed by atoms with Gasteiger partial charge in [0, 0.05) is 24.1 Å². The van der Waals surface area contributed by atoms with Crippen LogP contribution in [0.25, 0.3) is 5.65 Å². The Balaban J connectivity index is 2.12. The standard InChI is InChI=1S/C15H13F2N3O/c1-2-13-12(7-9-5-10(16)8-11(17)6-9)15(21)20-14(19-13)3-4-18-20/h3-6,8,21H,2,7H2,1H3. The number of halogens is 2. The van der Waals surface area contributed by atoms with Gasteiger partial charge in [0.15, 0.2) is 5.65 Å². The van der Waals surface area contributed by atoms with Crippen molar-refractivity contribution in [1.82, 2.24) is 14.6 Å². The average molecular weight is 289 g/mol. The summed E-state index contributed by atoms with van der Waals surface area (Å²) >= 11 is 0. The summed E-state index contributed by atoms with van der Waals surface area (Å²) in [6.07, 6.45) is 2.32. The van der Waals surface area contributed by atoms with Crippen LogP contribution in [0.4, 0.5) is 8.78 Å². The van der Waals surface area contributed by atoms with Gasteiger partial charge in [0.1, 0.15) is 11.6 Å². The number of hydrogen-bond donors (Lipinski definition) is 1. The summed E-state index contributed by atoms with van der Waals surface area (Å²) in [6.45, 7) is 1.91. The molecule has 108 valence electrons. The van der Waals surface area contributed by atoms with E-state index in [-0.39, 0.29) is 12.3 Å². The van der Waals surface area contributed by atoms with Gasteiger partial charge in [0.05, 0.1) is 11.9 Å². The van der Waals surface area contributed by atoms with Gasteiger partial charge in [-0.3, -0.25) is 0 Å². The first-order valence-corrected chi connectivity index (χ1v) is 6.58. The van der Waals surface area contributed by atoms with Gasteiger partial charge in [-0.25, -0.2) is 13.8 Å². The minimum absolute atomic E-state index is 0.0495. The van der Waals surface area contributed by atoms with E-state index in [0.29, 0.717) is 28.9 Å². The lowest BCUT2D eigenvalue weighted by atomic mass is 10.0. The molecule has 6 heteroatoms. The molecule has 0 aliphatic rings. The number of aryl methyl sites for hydroxylation is 1. The second kappa shape index (κ2) is 5.12. The Morgan fingerprint density at radius 2 is 1.90 bits per heavy atom. The lowest BCUT2D eigenvalue weighted by Gasteiger charge is -2.11. The largest absolute Gasteiger partial charge is 0.493 e. The van der Waals surface area contributed by atoms with E-state index in [1.807, 2.05) is 6.92 Å². The number of rotatable bonds is 3. The number of fused-ring (bicyclic) bond motifs is 1. The van der Waals surface area contributed by atoms with Crippen molar-refractivity contribution in [1.29, 1.82) is 0 Å². The molecule has 0 atom stereocenters. The van der Waals surface area contributed by atoms with E-state index in [1.165, 1.54) is 22.8 Å². The van der Waals surface area contributed by atoms with E-state index in [0.717, 1.165) is 6.07 Å². The molecule has 0 aliphatic carbocycles. The fourth-order valence-electron chi connectivity index (χ4n) is 2.40. The van der Waals surface area contributed by atoms with Gasteiger partial charge in [-0.2, -0.15) is 9.61 Å². The molecule has 0 aliphatic heterocycles. The third kappa shape index (κ3) is 2.44. The highest BCUT2D eigenvalue weighted by Crippen LogP contribution is 2.25. The van der Waals surface area contributed by atoms with Gasteiger partial charge in [0.25, 0.3) is 0 Å². The zero-order valence-electron chi connectivity index (χ0n) is 11.3. The number of benzene rings is 1. The van der Waals surface area contributed by atoms with Crippen LogP contribution in [0, 0.1) is 11.6 Å². The molecule has 0 bridgehead atoms. The topological polar surface area (TPSA) is 50.4 Å². The van der Waals surface area contributed by atoms with Crippen molar-refractivity contribution in [2.45, 2.75) is 19.8 Å². The lowest BCUT2D eigenvalue weighted by molar-refractivity contribution is 0.427. The zero-order valence-corrected chi connectivity index (χ0v) is 11.3. The molecular weight excluding hydrogens is 276 g/mol. The minimum atomic E-state index is -0.643. The van der Waals surface area contributed by atoms with Crippen molar-refractivity contribution in [3.05, 3.63) is 58.9 Å². The Bertz CT molecular complexity index is 794. The van der Waals surface area contributed by atoms with E-state index in [2.05, 4.69) is 10.1 Å². The Morgan fingerprint density at radius 1 is 1.19 bits per heavy atom. The number of hydrogen-bond acceptors (Lipinski definition) is 3. The molecule has 3 rings (SSSR count). The summed E-state index contributed by atoms with van der Waals surface area (Å²) in [7, 11) is 0. The van der Waals surface area contributed by atoms with Gasteiger partial charge < -0.3 is 5.11 Å². The maximum absolute atomic E-state index is 13.3. The second-order valence-electron chi connectivity index (χ2n) is 4.77. The molecular formula is C15H13F2N3O. The molecule has 2 heterocycles. The lowest BCUT2D eigenvalue weighted by Crippen LogP contribution is -2.05. The first kappa shape index (κ1) is 13.5. The number of nitrogens with zero attached hydrogens (tertiary/aromatic N) is 3. The summed E-state index contributed by atoms with van der Waals surface area (Å²) in [5.74, 6) is -1.34. The van der Waals surface area contributed by atoms with E-state index in [4.69, 9.17) is 0 Å². The normalized spacial score (nSPS) is 11.2. The van der Waals surface area contributed by atoms with Gasteiger partial charge >= 0.3 is 0 Å². The van der Waals surface area contributed by atoms with Crippen LogP contribution in [0.15, 0.2) is 30.5 Å². The predicted octanol–water partition coefficient (Wildman–Crippen LogP) is 2.87. The third-order valence-corrected chi connectivity index (χ3v) is 3.33. The summed E-state index contributed by atoms with van der Waals surface area (Å²) in [6, 6.07) is 4.99. The van der Waals surface area contributed by atoms with Gasteiger partial charge in [-0.05, 0) is 24.1 Å². The molecule has 3 aromatic rings. The van der Waals surface area contributed by atoms with Gasteiger partial charge in [-0.15, -0.1) is 0 Å². The van der Waals surface area contributed by atoms with Crippen molar-refractivity contribution >= 4 is 5.65 Å². The highest BCUT2D eigenvalue weighted by atomic mass is 19.1. The molecule has 0 radical (unpaired) electrons. The molecule has 21 heavy (non-hydrogen) atoms. The molecule has 1 aromatic carbocycles. The monoisotopic (exact) mass is 289 g/mol. The molecule has 0 unspecified atom stereocenters. The van der Waals surface area contributed by atoms with E-state index < -0.39 is 11.6 Å². The van der Waals surface area contributed by atoms with Crippen molar-refractivity contribution in [3.63, 3.8) is 0 Å². The highest BCUT2D eigenvalue weighted by Gasteiger charge is 2.15. The fraction of sp³-hybridized carbons (Fsp3) is 0.200. The van der Waals surface area contributed by atoms with Crippen molar-refractivity contribution in [3.8, 4) is 5.88 Å². The minimum Gasteiger partial charge on any atom is -0.493 e. The van der Waals surface area contributed by atoms with Crippen LogP contribution in [0.1, 0.15) is 23.7 Å². The molecule has 1 N–H and O–H groups in total. The zero-order chi connectivity index (χ0) is 15.0. The molecule has 0 spiro atoms. The van der Waals surface area contributed by atoms with Crippen LogP contribution in [0.5, 0.6) is 5.88 Å². The van der Waals surface area contributed by atoms with Crippen LogP contribution >= 0.6 is 0 Å². The van der Waals surface area contributed by atoms with Crippen molar-refractivity contribution < 1.29 is 13.9 Å². The number of aromatic hydroxyl groups is 1. The van der Waals surface area contributed by atoms with E-state index >= 15 is 0 Å². The summed E-state index contributed by atoms with van der Waals surface area (Å²) in [5, 5.41) is 14.3. The van der Waals surface area contributed by atoms with Crippen LogP contribution < -0.4 is 0 Å². The maximum Gasteiger partial charge on any atom is 0.219 e. The Morgan fingerprint density at radius 3 is 2.57 bits per heavy atom. The van der Waals surface area contributed by atoms with Crippen molar-refractivity contribution in [2.75, 3.05) is 0 Å². The molecule has 4 nitrogen and oxygen atoms in total. The first-order valence-electron chi connectivity index (χ1n) is 6.58. The quantitative estimate of drug-likeness (QED) is 0.806. The molecule has 0 amide bonds. The second-order valence-corrected chi connectivity index (χ2v) is 4.77. The average Bonchev–Trinajstić information content (AvgIpc) is 2.89. The van der Waals surface area contributed by atoms with Crippen LogP contribution in [0.3, 0.4) is 0 Å². The van der Waals surface area contributed by atoms with Crippen LogP contribution in [-0.4, -0.2) is 19.7 Å². The van der Waals surface area contributed by atoms with Gasteiger partial charge in [0.2, 0.25) is 5.88 Å². The van der Waals surface area contributed by atoms with Gasteiger partial charge in [-0.1, -0.05) is 6.92 Å². The molecule has 0 saturated carbocycles. The Labute approximate surface area is 119 Å². The smallest absolute Gasteiger partial charge is 0.219 e.